The number of aromatic amines is 1. The van der Waals surface area contributed by atoms with Gasteiger partial charge in [0.1, 0.15) is 11.6 Å². The lowest BCUT2D eigenvalue weighted by Gasteiger charge is -2.15. The minimum atomic E-state index is -0.454. The van der Waals surface area contributed by atoms with Crippen molar-refractivity contribution in [3.05, 3.63) is 80.2 Å². The average molecular weight is 496 g/mol. The molecule has 0 aliphatic carbocycles. The number of H-pyrrole nitrogens is 1. The van der Waals surface area contributed by atoms with Gasteiger partial charge in [-0.25, -0.2) is 0 Å². The molecule has 0 saturated carbocycles. The third-order valence-electron chi connectivity index (χ3n) is 4.75. The molecule has 2 N–H and O–H groups in total. The van der Waals surface area contributed by atoms with E-state index in [4.69, 9.17) is 9.47 Å². The summed E-state index contributed by atoms with van der Waals surface area (Å²) in [4.78, 5) is 27.0. The number of nitriles is 1. The van der Waals surface area contributed by atoms with Gasteiger partial charge in [0.2, 0.25) is 0 Å². The molecule has 0 spiro atoms. The second-order valence-electron chi connectivity index (χ2n) is 7.05. The first-order valence-corrected chi connectivity index (χ1v) is 10.7. The van der Waals surface area contributed by atoms with Crippen molar-refractivity contribution in [1.29, 1.82) is 5.26 Å². The summed E-state index contributed by atoms with van der Waals surface area (Å²) in [5, 5.41) is 12.2. The lowest BCUT2D eigenvalue weighted by atomic mass is 10.0. The van der Waals surface area contributed by atoms with E-state index in [1.807, 2.05) is 36.4 Å². The highest BCUT2D eigenvalue weighted by Crippen LogP contribution is 2.40. The Hall–Kier alpha value is -3.57. The zero-order chi connectivity index (χ0) is 23.1. The summed E-state index contributed by atoms with van der Waals surface area (Å²) in [6.45, 7) is 2.06. The number of nitrogens with one attached hydrogen (secondary N) is 2. The SMILES string of the molecule is COc1cc(-c2cc(C)[nH]c(=O)c2C#N)cc(Br)c1OCC(=O)NCCc1ccccc1. The number of hydrogen-bond donors (Lipinski definition) is 2. The molecular weight excluding hydrogens is 474 g/mol. The zero-order valence-electron chi connectivity index (χ0n) is 17.7. The molecule has 32 heavy (non-hydrogen) atoms. The van der Waals surface area contributed by atoms with Crippen LogP contribution in [0.4, 0.5) is 0 Å². The van der Waals surface area contributed by atoms with Gasteiger partial charge in [-0.15, -0.1) is 0 Å². The number of benzene rings is 2. The fourth-order valence-corrected chi connectivity index (χ4v) is 3.78. The van der Waals surface area contributed by atoms with Crippen LogP contribution in [0.1, 0.15) is 16.8 Å². The standard InChI is InChI=1S/C24H22BrN3O4/c1-15-10-18(19(13-26)24(30)28-15)17-11-20(25)23(21(12-17)31-2)32-14-22(29)27-9-8-16-6-4-3-5-7-16/h3-7,10-12H,8-9,14H2,1-2H3,(H,27,29)(H,28,30). The highest BCUT2D eigenvalue weighted by Gasteiger charge is 2.17. The molecule has 0 unspecified atom stereocenters. The van der Waals surface area contributed by atoms with E-state index in [0.29, 0.717) is 39.3 Å². The van der Waals surface area contributed by atoms with Crippen LogP contribution in [0.3, 0.4) is 0 Å². The fraction of sp³-hybridized carbons (Fsp3) is 0.208. The van der Waals surface area contributed by atoms with Crippen molar-refractivity contribution in [2.75, 3.05) is 20.3 Å². The maximum Gasteiger partial charge on any atom is 0.266 e. The van der Waals surface area contributed by atoms with Crippen LogP contribution in [0.25, 0.3) is 11.1 Å². The number of rotatable bonds is 8. The molecule has 3 rings (SSSR count). The third-order valence-corrected chi connectivity index (χ3v) is 5.34. The fourth-order valence-electron chi connectivity index (χ4n) is 3.22. The lowest BCUT2D eigenvalue weighted by molar-refractivity contribution is -0.123. The van der Waals surface area contributed by atoms with E-state index < -0.39 is 5.56 Å². The molecule has 8 heteroatoms. The van der Waals surface area contributed by atoms with Gasteiger partial charge in [0.15, 0.2) is 18.1 Å². The summed E-state index contributed by atoms with van der Waals surface area (Å²) < 4.78 is 11.7. The van der Waals surface area contributed by atoms with Crippen molar-refractivity contribution in [3.63, 3.8) is 0 Å². The monoisotopic (exact) mass is 495 g/mol. The topological polar surface area (TPSA) is 104 Å². The quantitative estimate of drug-likeness (QED) is 0.495. The maximum absolute atomic E-state index is 12.2. The van der Waals surface area contributed by atoms with Crippen LogP contribution >= 0.6 is 15.9 Å². The van der Waals surface area contributed by atoms with Crippen LogP contribution in [0, 0.1) is 18.3 Å². The Morgan fingerprint density at radius 1 is 1.22 bits per heavy atom. The summed E-state index contributed by atoms with van der Waals surface area (Å²) in [6, 6.07) is 16.9. The van der Waals surface area contributed by atoms with Crippen molar-refractivity contribution in [2.45, 2.75) is 13.3 Å². The molecule has 0 aliphatic heterocycles. The van der Waals surface area contributed by atoms with Crippen LogP contribution in [-0.4, -0.2) is 31.2 Å². The Morgan fingerprint density at radius 2 is 1.97 bits per heavy atom. The van der Waals surface area contributed by atoms with Crippen LogP contribution in [0.2, 0.25) is 0 Å². The molecule has 2 aromatic carbocycles. The molecule has 1 aromatic heterocycles. The number of carbonyl (C=O) groups excluding carboxylic acids is 1. The Labute approximate surface area is 194 Å². The second kappa shape index (κ2) is 10.6. The predicted molar refractivity (Wildman–Crippen MR) is 125 cm³/mol. The van der Waals surface area contributed by atoms with Crippen molar-refractivity contribution in [3.8, 4) is 28.7 Å². The maximum atomic E-state index is 12.2. The van der Waals surface area contributed by atoms with Gasteiger partial charge in [-0.2, -0.15) is 5.26 Å². The first kappa shape index (κ1) is 23.1. The minimum absolute atomic E-state index is 0.0102. The van der Waals surface area contributed by atoms with Gasteiger partial charge in [0, 0.05) is 17.8 Å². The number of aromatic nitrogens is 1. The normalized spacial score (nSPS) is 10.3. The first-order valence-electron chi connectivity index (χ1n) is 9.88. The number of pyridine rings is 1. The summed E-state index contributed by atoms with van der Waals surface area (Å²) in [7, 11) is 1.48. The van der Waals surface area contributed by atoms with E-state index in [-0.39, 0.29) is 18.1 Å². The highest BCUT2D eigenvalue weighted by atomic mass is 79.9. The summed E-state index contributed by atoms with van der Waals surface area (Å²) in [5.74, 6) is 0.471. The number of carbonyl (C=O) groups is 1. The van der Waals surface area contributed by atoms with Crippen LogP contribution < -0.4 is 20.3 Å². The predicted octanol–water partition coefficient (Wildman–Crippen LogP) is 3.73. The Morgan fingerprint density at radius 3 is 2.66 bits per heavy atom. The molecule has 0 aliphatic rings. The van der Waals surface area contributed by atoms with E-state index in [1.165, 1.54) is 7.11 Å². The van der Waals surface area contributed by atoms with Crippen LogP contribution in [-0.2, 0) is 11.2 Å². The molecule has 164 valence electrons. The molecule has 0 saturated heterocycles. The van der Waals surface area contributed by atoms with Gasteiger partial charge in [0.25, 0.3) is 11.5 Å². The van der Waals surface area contributed by atoms with Crippen molar-refractivity contribution in [1.82, 2.24) is 10.3 Å². The minimum Gasteiger partial charge on any atom is -0.493 e. The van der Waals surface area contributed by atoms with Crippen molar-refractivity contribution < 1.29 is 14.3 Å². The van der Waals surface area contributed by atoms with E-state index in [2.05, 4.69) is 26.2 Å². The van der Waals surface area contributed by atoms with Gasteiger partial charge >= 0.3 is 0 Å². The van der Waals surface area contributed by atoms with Gasteiger partial charge in [0.05, 0.1) is 11.6 Å². The molecule has 3 aromatic rings. The van der Waals surface area contributed by atoms with E-state index in [0.717, 1.165) is 12.0 Å². The molecular formula is C24H22BrN3O4. The third kappa shape index (κ3) is 5.56. The van der Waals surface area contributed by atoms with Gasteiger partial charge in [-0.05, 0) is 58.6 Å². The smallest absolute Gasteiger partial charge is 0.266 e. The number of aryl methyl sites for hydroxylation is 1. The van der Waals surface area contributed by atoms with Gasteiger partial charge in [-0.3, -0.25) is 9.59 Å². The molecule has 0 atom stereocenters. The van der Waals surface area contributed by atoms with Gasteiger partial charge in [-0.1, -0.05) is 30.3 Å². The largest absolute Gasteiger partial charge is 0.493 e. The molecule has 0 radical (unpaired) electrons. The Bertz CT molecular complexity index is 1220. The average Bonchev–Trinajstić information content (AvgIpc) is 2.78. The number of halogens is 1. The summed E-state index contributed by atoms with van der Waals surface area (Å²) >= 11 is 3.45. The van der Waals surface area contributed by atoms with Crippen LogP contribution in [0.15, 0.2) is 57.8 Å². The molecule has 1 amide bonds. The lowest BCUT2D eigenvalue weighted by Crippen LogP contribution is -2.30. The number of amides is 1. The Balaban J connectivity index is 1.73. The van der Waals surface area contributed by atoms with Crippen molar-refractivity contribution >= 4 is 21.8 Å². The first-order chi connectivity index (χ1) is 15.4. The zero-order valence-corrected chi connectivity index (χ0v) is 19.3. The van der Waals surface area contributed by atoms with E-state index in [9.17, 15) is 14.9 Å². The molecule has 7 nitrogen and oxygen atoms in total. The highest BCUT2D eigenvalue weighted by molar-refractivity contribution is 9.10. The van der Waals surface area contributed by atoms with Crippen LogP contribution in [0.5, 0.6) is 11.5 Å². The number of methoxy groups -OCH3 is 1. The Kier molecular flexibility index (Phi) is 7.68. The van der Waals surface area contributed by atoms with E-state index in [1.54, 1.807) is 25.1 Å². The molecule has 0 bridgehead atoms. The number of ether oxygens (including phenoxy) is 2. The molecule has 1 heterocycles. The summed E-state index contributed by atoms with van der Waals surface area (Å²) in [5.41, 5.74) is 2.42. The van der Waals surface area contributed by atoms with Crippen molar-refractivity contribution in [2.24, 2.45) is 0 Å². The second-order valence-corrected chi connectivity index (χ2v) is 7.90. The summed E-state index contributed by atoms with van der Waals surface area (Å²) in [6.07, 6.45) is 0.727. The number of hydrogen-bond acceptors (Lipinski definition) is 5. The molecule has 0 fully saturated rings. The van der Waals surface area contributed by atoms with E-state index >= 15 is 0 Å². The van der Waals surface area contributed by atoms with Gasteiger partial charge < -0.3 is 19.8 Å². The number of nitrogens with zero attached hydrogens (tertiary/aromatic N) is 1.